The summed E-state index contributed by atoms with van der Waals surface area (Å²) in [5, 5.41) is 9.96. The summed E-state index contributed by atoms with van der Waals surface area (Å²) in [5.41, 5.74) is 1.06. The zero-order chi connectivity index (χ0) is 24.5. The lowest BCUT2D eigenvalue weighted by atomic mass is 9.79. The molecule has 1 aliphatic heterocycles. The number of esters is 1. The third-order valence-electron chi connectivity index (χ3n) is 6.60. The summed E-state index contributed by atoms with van der Waals surface area (Å²) in [7, 11) is 3.27. The van der Waals surface area contributed by atoms with Crippen LogP contribution in [0.4, 0.5) is 0 Å². The van der Waals surface area contributed by atoms with E-state index in [0.29, 0.717) is 44.0 Å². The Balaban J connectivity index is 2.14. The van der Waals surface area contributed by atoms with E-state index in [1.807, 2.05) is 32.0 Å². The number of ether oxygens (including phenoxy) is 4. The van der Waals surface area contributed by atoms with Gasteiger partial charge in [-0.2, -0.15) is 0 Å². The van der Waals surface area contributed by atoms with Crippen LogP contribution in [0.1, 0.15) is 52.5 Å². The van der Waals surface area contributed by atoms with Crippen molar-refractivity contribution >= 4 is 11.9 Å². The molecule has 0 bridgehead atoms. The first-order valence-corrected chi connectivity index (χ1v) is 11.9. The molecule has 1 heterocycles. The molecule has 7 nitrogen and oxygen atoms in total. The highest BCUT2D eigenvalue weighted by Crippen LogP contribution is 2.37. The largest absolute Gasteiger partial charge is 0.493 e. The maximum absolute atomic E-state index is 12.2. The van der Waals surface area contributed by atoms with Gasteiger partial charge in [-0.15, -0.1) is 0 Å². The average Bonchev–Trinajstić information content (AvgIpc) is 3.15. The number of carbonyl (C=O) groups excluding carboxylic acids is 1. The topological polar surface area (TPSA) is 91.3 Å². The van der Waals surface area contributed by atoms with Crippen molar-refractivity contribution in [3.8, 4) is 11.5 Å². The number of aliphatic carboxylic acids is 1. The van der Waals surface area contributed by atoms with Crippen LogP contribution in [-0.4, -0.2) is 50.6 Å². The lowest BCUT2D eigenvalue weighted by molar-refractivity contribution is -0.154. The van der Waals surface area contributed by atoms with Crippen LogP contribution in [0.15, 0.2) is 18.2 Å². The predicted molar refractivity (Wildman–Crippen MR) is 126 cm³/mol. The average molecular weight is 465 g/mol. The SMILES string of the molecule is COCCCOc1cc(C[C@@H](C[C@H](C(=O)O)[C@@H]2C[C@@H](C(C)C)C(=O)O2)C(C)C)ccc1OC. The van der Waals surface area contributed by atoms with Gasteiger partial charge < -0.3 is 24.1 Å². The molecular weight excluding hydrogens is 424 g/mol. The molecular formula is C26H40O7. The number of cyclic esters (lactones) is 1. The van der Waals surface area contributed by atoms with Gasteiger partial charge in [0.15, 0.2) is 11.5 Å². The van der Waals surface area contributed by atoms with Crippen LogP contribution < -0.4 is 9.47 Å². The fourth-order valence-electron chi connectivity index (χ4n) is 4.40. The summed E-state index contributed by atoms with van der Waals surface area (Å²) in [5.74, 6) is -0.268. The fraction of sp³-hybridized carbons (Fsp3) is 0.692. The van der Waals surface area contributed by atoms with E-state index >= 15 is 0 Å². The first kappa shape index (κ1) is 27.0. The van der Waals surface area contributed by atoms with E-state index in [0.717, 1.165) is 12.0 Å². The molecule has 1 aliphatic rings. The van der Waals surface area contributed by atoms with Crippen LogP contribution in [0.25, 0.3) is 0 Å². The fourth-order valence-corrected chi connectivity index (χ4v) is 4.40. The number of hydrogen-bond acceptors (Lipinski definition) is 6. The molecule has 7 heteroatoms. The molecule has 33 heavy (non-hydrogen) atoms. The Morgan fingerprint density at radius 3 is 2.42 bits per heavy atom. The van der Waals surface area contributed by atoms with Crippen LogP contribution >= 0.6 is 0 Å². The zero-order valence-corrected chi connectivity index (χ0v) is 20.8. The summed E-state index contributed by atoms with van der Waals surface area (Å²) < 4.78 is 21.9. The molecule has 1 fully saturated rings. The molecule has 186 valence electrons. The summed E-state index contributed by atoms with van der Waals surface area (Å²) in [6.07, 6.45) is 1.83. The van der Waals surface area contributed by atoms with Crippen LogP contribution in [0.3, 0.4) is 0 Å². The number of carboxylic acids is 1. The number of benzene rings is 1. The summed E-state index contributed by atoms with van der Waals surface area (Å²) in [6.45, 7) is 9.29. The zero-order valence-electron chi connectivity index (χ0n) is 20.8. The van der Waals surface area contributed by atoms with E-state index in [1.165, 1.54) is 0 Å². The van der Waals surface area contributed by atoms with Gasteiger partial charge in [0.1, 0.15) is 6.10 Å². The minimum atomic E-state index is -0.903. The number of rotatable bonds is 14. The van der Waals surface area contributed by atoms with Gasteiger partial charge in [-0.3, -0.25) is 9.59 Å². The minimum absolute atomic E-state index is 0.109. The van der Waals surface area contributed by atoms with E-state index in [2.05, 4.69) is 13.8 Å². The molecule has 0 radical (unpaired) electrons. The van der Waals surface area contributed by atoms with Crippen LogP contribution in [0.5, 0.6) is 11.5 Å². The number of carbonyl (C=O) groups is 2. The third kappa shape index (κ3) is 7.63. The van der Waals surface area contributed by atoms with E-state index in [4.69, 9.17) is 18.9 Å². The van der Waals surface area contributed by atoms with Gasteiger partial charge in [0, 0.05) is 20.1 Å². The quantitative estimate of drug-likeness (QED) is 0.318. The van der Waals surface area contributed by atoms with Crippen molar-refractivity contribution < 1.29 is 33.6 Å². The minimum Gasteiger partial charge on any atom is -0.493 e. The van der Waals surface area contributed by atoms with Crippen LogP contribution in [-0.2, 0) is 25.5 Å². The van der Waals surface area contributed by atoms with Crippen molar-refractivity contribution in [2.45, 2.75) is 59.5 Å². The Hall–Kier alpha value is -2.28. The van der Waals surface area contributed by atoms with Gasteiger partial charge in [-0.05, 0) is 54.7 Å². The third-order valence-corrected chi connectivity index (χ3v) is 6.60. The second-order valence-corrected chi connectivity index (χ2v) is 9.63. The van der Waals surface area contributed by atoms with E-state index in [-0.39, 0.29) is 29.6 Å². The Kier molecular flexibility index (Phi) is 10.5. The monoisotopic (exact) mass is 464 g/mol. The molecule has 0 spiro atoms. The lowest BCUT2D eigenvalue weighted by Gasteiger charge is -2.27. The highest BCUT2D eigenvalue weighted by Gasteiger charge is 2.43. The second kappa shape index (κ2) is 12.8. The molecule has 4 atom stereocenters. The van der Waals surface area contributed by atoms with Gasteiger partial charge in [0.25, 0.3) is 0 Å². The molecule has 1 aromatic rings. The van der Waals surface area contributed by atoms with Crippen LogP contribution in [0, 0.1) is 29.6 Å². The Morgan fingerprint density at radius 1 is 1.15 bits per heavy atom. The highest BCUT2D eigenvalue weighted by molar-refractivity contribution is 5.77. The van der Waals surface area contributed by atoms with Gasteiger partial charge in [-0.25, -0.2) is 0 Å². The van der Waals surface area contributed by atoms with E-state index < -0.39 is 18.0 Å². The van der Waals surface area contributed by atoms with Crippen molar-refractivity contribution in [2.24, 2.45) is 29.6 Å². The molecule has 1 aromatic carbocycles. The van der Waals surface area contributed by atoms with Gasteiger partial charge in [0.05, 0.1) is 25.6 Å². The molecule has 0 aliphatic carbocycles. The van der Waals surface area contributed by atoms with Crippen LogP contribution in [0.2, 0.25) is 0 Å². The summed E-state index contributed by atoms with van der Waals surface area (Å²) >= 11 is 0. The Bertz CT molecular complexity index is 774. The first-order valence-electron chi connectivity index (χ1n) is 11.9. The first-order chi connectivity index (χ1) is 15.7. The lowest BCUT2D eigenvalue weighted by Crippen LogP contribution is -2.32. The maximum atomic E-state index is 12.2. The number of carboxylic acid groups (broad SMARTS) is 1. The van der Waals surface area contributed by atoms with Crippen molar-refractivity contribution in [1.82, 2.24) is 0 Å². The molecule has 2 rings (SSSR count). The number of methoxy groups -OCH3 is 2. The maximum Gasteiger partial charge on any atom is 0.310 e. The van der Waals surface area contributed by atoms with Crippen molar-refractivity contribution in [1.29, 1.82) is 0 Å². The van der Waals surface area contributed by atoms with E-state index in [9.17, 15) is 14.7 Å². The molecule has 1 saturated heterocycles. The Morgan fingerprint density at radius 2 is 1.88 bits per heavy atom. The normalized spacial score (nSPS) is 20.1. The molecule has 0 aromatic heterocycles. The smallest absolute Gasteiger partial charge is 0.310 e. The van der Waals surface area contributed by atoms with Crippen molar-refractivity contribution in [3.63, 3.8) is 0 Å². The predicted octanol–water partition coefficient (Wildman–Crippen LogP) is 4.60. The van der Waals surface area contributed by atoms with Crippen molar-refractivity contribution in [3.05, 3.63) is 23.8 Å². The summed E-state index contributed by atoms with van der Waals surface area (Å²) in [4.78, 5) is 24.4. The van der Waals surface area contributed by atoms with Gasteiger partial charge >= 0.3 is 11.9 Å². The molecule has 0 saturated carbocycles. The number of hydrogen-bond donors (Lipinski definition) is 1. The second-order valence-electron chi connectivity index (χ2n) is 9.63. The molecule has 0 amide bonds. The van der Waals surface area contributed by atoms with Gasteiger partial charge in [0.2, 0.25) is 0 Å². The van der Waals surface area contributed by atoms with E-state index in [1.54, 1.807) is 14.2 Å². The summed E-state index contributed by atoms with van der Waals surface area (Å²) in [6, 6.07) is 5.86. The Labute approximate surface area is 197 Å². The standard InChI is InChI=1S/C26H40O7/c1-16(2)19(14-21(25(27)28)23-15-20(17(3)4)26(29)33-23)12-18-8-9-22(31-6)24(13-18)32-11-7-10-30-5/h8-9,13,16-17,19-21,23H,7,10-12,14-15H2,1-6H3,(H,27,28)/t19-,20-,21-,23-/m0/s1. The molecule has 1 N–H and O–H groups in total. The highest BCUT2D eigenvalue weighted by atomic mass is 16.6. The van der Waals surface area contributed by atoms with Gasteiger partial charge in [-0.1, -0.05) is 33.8 Å². The molecule has 0 unspecified atom stereocenters. The van der Waals surface area contributed by atoms with Crippen molar-refractivity contribution in [2.75, 3.05) is 27.4 Å².